The van der Waals surface area contributed by atoms with Crippen LogP contribution in [0.4, 0.5) is 5.69 Å². The second-order valence-corrected chi connectivity index (χ2v) is 8.23. The fourth-order valence-electron chi connectivity index (χ4n) is 4.37. The first kappa shape index (κ1) is 22.1. The van der Waals surface area contributed by atoms with E-state index >= 15 is 0 Å². The minimum absolute atomic E-state index is 0.0761. The van der Waals surface area contributed by atoms with E-state index in [1.807, 2.05) is 24.3 Å². The molecule has 1 spiro atoms. The number of carbonyl (C=O) groups excluding carboxylic acids is 1. The molecule has 2 fully saturated rings. The topological polar surface area (TPSA) is 109 Å². The van der Waals surface area contributed by atoms with Crippen LogP contribution < -0.4 is 4.74 Å². The number of nitrogens with zero attached hydrogens (tertiary/aromatic N) is 4. The number of piperidine rings is 1. The molecule has 0 atom stereocenters. The molecule has 2 aliphatic heterocycles. The number of ether oxygens (including phenoxy) is 3. The van der Waals surface area contributed by atoms with Gasteiger partial charge >= 0.3 is 0 Å². The summed E-state index contributed by atoms with van der Waals surface area (Å²) in [6.07, 6.45) is 1.18. The molecule has 2 saturated heterocycles. The van der Waals surface area contributed by atoms with Gasteiger partial charge in [-0.15, -0.1) is 0 Å². The average molecular weight is 464 g/mol. The Labute approximate surface area is 195 Å². The van der Waals surface area contributed by atoms with Gasteiger partial charge < -0.3 is 19.1 Å². The molecule has 10 nitrogen and oxygen atoms in total. The number of carbonyl (C=O) groups is 1. The van der Waals surface area contributed by atoms with Gasteiger partial charge in [0.2, 0.25) is 0 Å². The molecule has 0 aliphatic carbocycles. The number of likely N-dealkylation sites (tertiary alicyclic amines) is 1. The number of hydrogen-bond acceptors (Lipinski definition) is 7. The Morgan fingerprint density at radius 3 is 2.44 bits per heavy atom. The van der Waals surface area contributed by atoms with E-state index in [9.17, 15) is 14.9 Å². The van der Waals surface area contributed by atoms with Gasteiger partial charge in [-0.25, -0.2) is 4.68 Å². The number of nitro groups is 1. The zero-order valence-corrected chi connectivity index (χ0v) is 18.7. The molecule has 1 amide bonds. The van der Waals surface area contributed by atoms with Crippen molar-refractivity contribution < 1.29 is 23.9 Å². The molecule has 2 aliphatic rings. The van der Waals surface area contributed by atoms with Crippen molar-refractivity contribution in [1.82, 2.24) is 14.7 Å². The third-order valence-electron chi connectivity index (χ3n) is 6.23. The van der Waals surface area contributed by atoms with E-state index in [1.54, 1.807) is 30.2 Å². The number of aromatic nitrogens is 2. The lowest BCUT2D eigenvalue weighted by Gasteiger charge is -2.37. The Hall–Kier alpha value is -3.76. The summed E-state index contributed by atoms with van der Waals surface area (Å²) in [5.74, 6) is -0.0888. The lowest BCUT2D eigenvalue weighted by molar-refractivity contribution is -0.384. The molecule has 1 aromatic heterocycles. The molecule has 0 radical (unpaired) electrons. The smallest absolute Gasteiger partial charge is 0.272 e. The zero-order chi connectivity index (χ0) is 23.7. The Morgan fingerprint density at radius 1 is 1.09 bits per heavy atom. The summed E-state index contributed by atoms with van der Waals surface area (Å²) in [6, 6.07) is 15.1. The zero-order valence-electron chi connectivity index (χ0n) is 18.7. The maximum atomic E-state index is 13.6. The van der Waals surface area contributed by atoms with E-state index in [0.717, 1.165) is 5.56 Å². The first-order chi connectivity index (χ1) is 16.5. The van der Waals surface area contributed by atoms with Crippen LogP contribution in [-0.2, 0) is 9.47 Å². The quantitative estimate of drug-likeness (QED) is 0.420. The highest BCUT2D eigenvalue weighted by atomic mass is 16.7. The fourth-order valence-corrected chi connectivity index (χ4v) is 4.37. The first-order valence-electron chi connectivity index (χ1n) is 11.0. The van der Waals surface area contributed by atoms with Crippen LogP contribution in [0.15, 0.2) is 54.6 Å². The van der Waals surface area contributed by atoms with E-state index in [-0.39, 0.29) is 11.6 Å². The van der Waals surface area contributed by atoms with Gasteiger partial charge in [-0.2, -0.15) is 5.10 Å². The molecule has 0 saturated carbocycles. The monoisotopic (exact) mass is 464 g/mol. The Bertz CT molecular complexity index is 1210. The summed E-state index contributed by atoms with van der Waals surface area (Å²) in [7, 11) is 1.59. The molecular formula is C24H24N4O6. The van der Waals surface area contributed by atoms with Crippen LogP contribution in [0.1, 0.15) is 23.3 Å². The number of hydrogen-bond donors (Lipinski definition) is 0. The van der Waals surface area contributed by atoms with Crippen LogP contribution >= 0.6 is 0 Å². The van der Waals surface area contributed by atoms with E-state index in [0.29, 0.717) is 62.0 Å². The molecule has 3 heterocycles. The van der Waals surface area contributed by atoms with Gasteiger partial charge in [0.25, 0.3) is 11.6 Å². The SMILES string of the molecule is COc1ccc(-c2cc(C(=O)N3CCC4(CC3)OCCO4)n(-c3cccc([N+](=O)[O-])c3)n2)cc1. The van der Waals surface area contributed by atoms with Crippen molar-refractivity contribution in [3.8, 4) is 22.7 Å². The van der Waals surface area contributed by atoms with Gasteiger partial charge in [0.15, 0.2) is 5.79 Å². The van der Waals surface area contributed by atoms with Crippen molar-refractivity contribution in [3.63, 3.8) is 0 Å². The molecule has 0 N–H and O–H groups in total. The molecular weight excluding hydrogens is 440 g/mol. The van der Waals surface area contributed by atoms with Crippen LogP contribution in [0.25, 0.3) is 16.9 Å². The third-order valence-corrected chi connectivity index (χ3v) is 6.23. The lowest BCUT2D eigenvalue weighted by atomic mass is 10.0. The van der Waals surface area contributed by atoms with Crippen LogP contribution in [0.3, 0.4) is 0 Å². The second kappa shape index (κ2) is 8.88. The molecule has 34 heavy (non-hydrogen) atoms. The summed E-state index contributed by atoms with van der Waals surface area (Å²) in [6.45, 7) is 2.10. The third kappa shape index (κ3) is 4.13. The maximum Gasteiger partial charge on any atom is 0.272 e. The summed E-state index contributed by atoms with van der Waals surface area (Å²) in [5, 5.41) is 16.0. The average Bonchev–Trinajstić information content (AvgIpc) is 3.52. The number of amides is 1. The summed E-state index contributed by atoms with van der Waals surface area (Å²) in [4.78, 5) is 26.2. The fraction of sp³-hybridized carbons (Fsp3) is 0.333. The lowest BCUT2D eigenvalue weighted by Crippen LogP contribution is -2.47. The Kier molecular flexibility index (Phi) is 5.76. The summed E-state index contributed by atoms with van der Waals surface area (Å²) < 4.78 is 18.2. The number of methoxy groups -OCH3 is 1. The van der Waals surface area contributed by atoms with Crippen molar-refractivity contribution in [1.29, 1.82) is 0 Å². The largest absolute Gasteiger partial charge is 0.497 e. The number of nitro benzene ring substituents is 1. The minimum Gasteiger partial charge on any atom is -0.497 e. The van der Waals surface area contributed by atoms with E-state index in [2.05, 4.69) is 5.10 Å². The molecule has 3 aromatic rings. The Morgan fingerprint density at radius 2 is 1.79 bits per heavy atom. The molecule has 0 bridgehead atoms. The number of benzene rings is 2. The second-order valence-electron chi connectivity index (χ2n) is 8.23. The predicted molar refractivity (Wildman–Crippen MR) is 122 cm³/mol. The van der Waals surface area contributed by atoms with Gasteiger partial charge in [0.05, 0.1) is 36.6 Å². The molecule has 0 unspecified atom stereocenters. The van der Waals surface area contributed by atoms with Gasteiger partial charge in [0, 0.05) is 43.6 Å². The first-order valence-corrected chi connectivity index (χ1v) is 11.0. The van der Waals surface area contributed by atoms with Crippen molar-refractivity contribution >= 4 is 11.6 Å². The normalized spacial score (nSPS) is 17.1. The van der Waals surface area contributed by atoms with Crippen molar-refractivity contribution in [3.05, 3.63) is 70.4 Å². The number of non-ortho nitro benzene ring substituents is 1. The van der Waals surface area contributed by atoms with E-state index in [1.165, 1.54) is 16.8 Å². The highest BCUT2D eigenvalue weighted by Gasteiger charge is 2.41. The molecule has 176 valence electrons. The Balaban J connectivity index is 1.50. The van der Waals surface area contributed by atoms with Crippen molar-refractivity contribution in [2.75, 3.05) is 33.4 Å². The predicted octanol–water partition coefficient (Wildman–Crippen LogP) is 3.44. The summed E-state index contributed by atoms with van der Waals surface area (Å²) >= 11 is 0. The van der Waals surface area contributed by atoms with Gasteiger partial charge in [0.1, 0.15) is 11.4 Å². The summed E-state index contributed by atoms with van der Waals surface area (Å²) in [5.41, 5.74) is 2.06. The molecule has 5 rings (SSSR count). The van der Waals surface area contributed by atoms with Crippen molar-refractivity contribution in [2.45, 2.75) is 18.6 Å². The van der Waals surface area contributed by atoms with Crippen LogP contribution in [0, 0.1) is 10.1 Å². The van der Waals surface area contributed by atoms with Crippen LogP contribution in [0.5, 0.6) is 5.75 Å². The van der Waals surface area contributed by atoms with Crippen molar-refractivity contribution in [2.24, 2.45) is 0 Å². The van der Waals surface area contributed by atoms with E-state index < -0.39 is 10.7 Å². The standard InChI is InChI=1S/C24H24N4O6/c1-32-20-7-5-17(6-8-20)21-16-22(27(25-21)18-3-2-4-19(15-18)28(30)31)23(29)26-11-9-24(10-12-26)33-13-14-34-24/h2-8,15-16H,9-14H2,1H3. The molecule has 2 aromatic carbocycles. The van der Waals surface area contributed by atoms with Crippen LogP contribution in [0.2, 0.25) is 0 Å². The molecule has 10 heteroatoms. The van der Waals surface area contributed by atoms with Crippen LogP contribution in [-0.4, -0.2) is 64.7 Å². The van der Waals surface area contributed by atoms with Gasteiger partial charge in [-0.05, 0) is 36.4 Å². The highest BCUT2D eigenvalue weighted by Crippen LogP contribution is 2.32. The maximum absolute atomic E-state index is 13.6. The number of rotatable bonds is 5. The van der Waals surface area contributed by atoms with E-state index in [4.69, 9.17) is 14.2 Å². The van der Waals surface area contributed by atoms with Gasteiger partial charge in [-0.3, -0.25) is 14.9 Å². The minimum atomic E-state index is -0.592. The van der Waals surface area contributed by atoms with Gasteiger partial charge in [-0.1, -0.05) is 6.07 Å². The highest BCUT2D eigenvalue weighted by molar-refractivity contribution is 5.94.